The van der Waals surface area contributed by atoms with Gasteiger partial charge >= 0.3 is 0 Å². The van der Waals surface area contributed by atoms with Crippen molar-refractivity contribution in [1.29, 1.82) is 0 Å². The smallest absolute Gasteiger partial charge is 0.0104 e. The highest BCUT2D eigenvalue weighted by Crippen LogP contribution is 2.38. The minimum absolute atomic E-state index is 0.348. The predicted octanol–water partition coefficient (Wildman–Crippen LogP) is 5.45. The normalized spacial score (nSPS) is 11.4. The topological polar surface area (TPSA) is 0 Å². The third-order valence-corrected chi connectivity index (χ3v) is 7.01. The van der Waals surface area contributed by atoms with E-state index in [1.165, 1.54) is 32.2 Å². The molecule has 0 saturated carbocycles. The molecule has 0 fully saturated rings. The van der Waals surface area contributed by atoms with Gasteiger partial charge in [-0.05, 0) is 46.2 Å². The summed E-state index contributed by atoms with van der Waals surface area (Å²) in [5, 5.41) is 8.47. The van der Waals surface area contributed by atoms with Gasteiger partial charge in [-0.25, -0.2) is 0 Å². The third kappa shape index (κ3) is 2.54. The Hall–Kier alpha value is -2.17. The van der Waals surface area contributed by atoms with Gasteiger partial charge in [0.1, 0.15) is 0 Å². The summed E-state index contributed by atoms with van der Waals surface area (Å²) in [6.07, 6.45) is 1.16. The molecule has 1 heteroatoms. The van der Waals surface area contributed by atoms with Crippen molar-refractivity contribution in [3.05, 3.63) is 84.9 Å². The molecule has 0 spiro atoms. The zero-order chi connectivity index (χ0) is 15.6. The second kappa shape index (κ2) is 6.14. The Morgan fingerprint density at radius 3 is 1.48 bits per heavy atom. The van der Waals surface area contributed by atoms with E-state index in [1.807, 2.05) is 0 Å². The van der Waals surface area contributed by atoms with Gasteiger partial charge in [-0.3, -0.25) is 0 Å². The molecule has 0 bridgehead atoms. The zero-order valence-electron chi connectivity index (χ0n) is 13.2. The van der Waals surface area contributed by atoms with E-state index < -0.39 is 0 Å². The van der Waals surface area contributed by atoms with Crippen LogP contribution in [0.15, 0.2) is 84.9 Å². The Morgan fingerprint density at radius 2 is 1.00 bits per heavy atom. The Labute approximate surface area is 138 Å². The minimum atomic E-state index is -0.348. The molecule has 0 atom stereocenters. The first kappa shape index (κ1) is 14.4. The first-order chi connectivity index (χ1) is 11.4. The SMILES string of the molecule is CCP(c1cccc2ccccc12)c1cccc2ccccc12. The molecule has 0 aromatic heterocycles. The number of hydrogen-bond donors (Lipinski definition) is 0. The summed E-state index contributed by atoms with van der Waals surface area (Å²) < 4.78 is 0. The Balaban J connectivity index is 1.97. The fourth-order valence-corrected chi connectivity index (χ4v) is 5.82. The van der Waals surface area contributed by atoms with Gasteiger partial charge in [0.25, 0.3) is 0 Å². The lowest BCUT2D eigenvalue weighted by Gasteiger charge is -2.20. The highest BCUT2D eigenvalue weighted by atomic mass is 31.1. The number of rotatable bonds is 3. The predicted molar refractivity (Wildman–Crippen MR) is 105 cm³/mol. The first-order valence-corrected chi connectivity index (χ1v) is 9.64. The summed E-state index contributed by atoms with van der Waals surface area (Å²) >= 11 is 0. The Morgan fingerprint density at radius 1 is 0.565 bits per heavy atom. The molecule has 0 aliphatic heterocycles. The van der Waals surface area contributed by atoms with Crippen LogP contribution in [0.5, 0.6) is 0 Å². The fraction of sp³-hybridized carbons (Fsp3) is 0.0909. The van der Waals surface area contributed by atoms with Gasteiger partial charge in [0, 0.05) is 0 Å². The molecule has 0 amide bonds. The summed E-state index contributed by atoms with van der Waals surface area (Å²) in [6, 6.07) is 31.0. The zero-order valence-corrected chi connectivity index (χ0v) is 14.1. The van der Waals surface area contributed by atoms with E-state index in [4.69, 9.17) is 0 Å². The van der Waals surface area contributed by atoms with Crippen LogP contribution in [0, 0.1) is 0 Å². The summed E-state index contributed by atoms with van der Waals surface area (Å²) in [7, 11) is -0.348. The third-order valence-electron chi connectivity index (χ3n) is 4.43. The van der Waals surface area contributed by atoms with E-state index in [0.717, 1.165) is 6.16 Å². The van der Waals surface area contributed by atoms with Gasteiger partial charge in [0.15, 0.2) is 0 Å². The molecule has 4 aromatic carbocycles. The van der Waals surface area contributed by atoms with Crippen molar-refractivity contribution in [2.75, 3.05) is 6.16 Å². The molecule has 0 nitrogen and oxygen atoms in total. The molecular formula is C22H19P. The first-order valence-electron chi connectivity index (χ1n) is 8.11. The molecule has 0 heterocycles. The lowest BCUT2D eigenvalue weighted by Crippen LogP contribution is -2.15. The average Bonchev–Trinajstić information content (AvgIpc) is 2.63. The summed E-state index contributed by atoms with van der Waals surface area (Å²) in [4.78, 5) is 0. The Kier molecular flexibility index (Phi) is 3.85. The highest BCUT2D eigenvalue weighted by Gasteiger charge is 2.16. The minimum Gasteiger partial charge on any atom is -0.0616 e. The summed E-state index contributed by atoms with van der Waals surface area (Å²) in [5.74, 6) is 0. The van der Waals surface area contributed by atoms with Crippen LogP contribution in [-0.2, 0) is 0 Å². The molecule has 4 rings (SSSR count). The summed E-state index contributed by atoms with van der Waals surface area (Å²) in [6.45, 7) is 2.31. The van der Waals surface area contributed by atoms with Gasteiger partial charge in [-0.1, -0.05) is 91.9 Å². The Bertz CT molecular complexity index is 882. The number of hydrogen-bond acceptors (Lipinski definition) is 0. The van der Waals surface area contributed by atoms with E-state index >= 15 is 0 Å². The standard InChI is InChI=1S/C22H19P/c1-2-23(21-15-7-11-17-9-3-5-13-19(17)21)22-16-8-12-18-10-4-6-14-20(18)22/h3-16H,2H2,1H3. The molecule has 0 N–H and O–H groups in total. The van der Waals surface area contributed by atoms with Crippen LogP contribution >= 0.6 is 7.92 Å². The van der Waals surface area contributed by atoms with Crippen LogP contribution in [-0.4, -0.2) is 6.16 Å². The van der Waals surface area contributed by atoms with Gasteiger partial charge in [0.2, 0.25) is 0 Å². The number of fused-ring (bicyclic) bond motifs is 2. The van der Waals surface area contributed by atoms with E-state index in [9.17, 15) is 0 Å². The molecular weight excluding hydrogens is 295 g/mol. The van der Waals surface area contributed by atoms with E-state index in [2.05, 4.69) is 91.9 Å². The average molecular weight is 314 g/mol. The van der Waals surface area contributed by atoms with Gasteiger partial charge < -0.3 is 0 Å². The van der Waals surface area contributed by atoms with Crippen molar-refractivity contribution in [3.8, 4) is 0 Å². The number of benzene rings is 4. The lowest BCUT2D eigenvalue weighted by molar-refractivity contribution is 1.51. The van der Waals surface area contributed by atoms with Crippen molar-refractivity contribution >= 4 is 40.1 Å². The van der Waals surface area contributed by atoms with Crippen molar-refractivity contribution < 1.29 is 0 Å². The van der Waals surface area contributed by atoms with Crippen molar-refractivity contribution in [2.45, 2.75) is 6.92 Å². The molecule has 0 radical (unpaired) electrons. The molecule has 0 saturated heterocycles. The molecule has 23 heavy (non-hydrogen) atoms. The maximum atomic E-state index is 2.32. The molecule has 0 unspecified atom stereocenters. The molecule has 0 aliphatic carbocycles. The quantitative estimate of drug-likeness (QED) is 0.441. The van der Waals surface area contributed by atoms with Gasteiger partial charge in [0.05, 0.1) is 0 Å². The van der Waals surface area contributed by atoms with E-state index in [-0.39, 0.29) is 7.92 Å². The largest absolute Gasteiger partial charge is 0.0616 e. The lowest BCUT2D eigenvalue weighted by atomic mass is 10.1. The van der Waals surface area contributed by atoms with Crippen molar-refractivity contribution in [2.24, 2.45) is 0 Å². The van der Waals surface area contributed by atoms with Crippen LogP contribution in [0.1, 0.15) is 6.92 Å². The van der Waals surface area contributed by atoms with Crippen LogP contribution in [0.2, 0.25) is 0 Å². The maximum Gasteiger partial charge on any atom is -0.0104 e. The molecule has 112 valence electrons. The van der Waals surface area contributed by atoms with Gasteiger partial charge in [-0.2, -0.15) is 0 Å². The van der Waals surface area contributed by atoms with Crippen molar-refractivity contribution in [3.63, 3.8) is 0 Å². The summed E-state index contributed by atoms with van der Waals surface area (Å²) in [5.41, 5.74) is 0. The van der Waals surface area contributed by atoms with E-state index in [0.29, 0.717) is 0 Å². The van der Waals surface area contributed by atoms with Crippen LogP contribution in [0.25, 0.3) is 21.5 Å². The second-order valence-electron chi connectivity index (χ2n) is 5.74. The molecule has 4 aromatic rings. The van der Waals surface area contributed by atoms with E-state index in [1.54, 1.807) is 0 Å². The molecule has 0 aliphatic rings. The van der Waals surface area contributed by atoms with Gasteiger partial charge in [-0.15, -0.1) is 0 Å². The van der Waals surface area contributed by atoms with Crippen LogP contribution in [0.3, 0.4) is 0 Å². The monoisotopic (exact) mass is 314 g/mol. The van der Waals surface area contributed by atoms with Crippen LogP contribution in [0.4, 0.5) is 0 Å². The van der Waals surface area contributed by atoms with Crippen molar-refractivity contribution in [1.82, 2.24) is 0 Å². The highest BCUT2D eigenvalue weighted by molar-refractivity contribution is 7.73. The maximum absolute atomic E-state index is 2.32. The van der Waals surface area contributed by atoms with Crippen LogP contribution < -0.4 is 10.6 Å². The fourth-order valence-electron chi connectivity index (χ4n) is 3.36. The second-order valence-corrected chi connectivity index (χ2v) is 8.19.